The number of nitriles is 1. The van der Waals surface area contributed by atoms with E-state index in [4.69, 9.17) is 5.26 Å². The van der Waals surface area contributed by atoms with Gasteiger partial charge in [0, 0.05) is 12.7 Å². The molecule has 4 heteroatoms. The molecule has 0 bridgehead atoms. The number of carbonyl (C=O) groups is 1. The van der Waals surface area contributed by atoms with Crippen LogP contribution in [0.5, 0.6) is 0 Å². The number of carbonyl (C=O) groups excluding carboxylic acids is 1. The molecule has 1 amide bonds. The van der Waals surface area contributed by atoms with E-state index >= 15 is 0 Å². The van der Waals surface area contributed by atoms with Gasteiger partial charge in [-0.05, 0) is 43.5 Å². The molecule has 0 atom stereocenters. The van der Waals surface area contributed by atoms with Gasteiger partial charge in [0.2, 0.25) is 5.91 Å². The van der Waals surface area contributed by atoms with E-state index in [9.17, 15) is 9.18 Å². The van der Waals surface area contributed by atoms with Crippen LogP contribution in [-0.2, 0) is 4.79 Å². The first-order chi connectivity index (χ1) is 8.00. The molecule has 0 N–H and O–H groups in total. The van der Waals surface area contributed by atoms with Crippen molar-refractivity contribution in [3.8, 4) is 6.07 Å². The Bertz CT molecular complexity index is 515. The molecule has 1 fully saturated rings. The smallest absolute Gasteiger partial charge is 0.247 e. The van der Waals surface area contributed by atoms with Crippen molar-refractivity contribution in [3.05, 3.63) is 29.6 Å². The van der Waals surface area contributed by atoms with Crippen LogP contribution in [0.25, 0.3) is 0 Å². The third-order valence-electron chi connectivity index (χ3n) is 3.21. The van der Waals surface area contributed by atoms with Crippen molar-refractivity contribution < 1.29 is 9.18 Å². The zero-order chi connectivity index (χ0) is 12.6. The maximum absolute atomic E-state index is 13.1. The first-order valence-electron chi connectivity index (χ1n) is 5.46. The fourth-order valence-electron chi connectivity index (χ4n) is 1.77. The fourth-order valence-corrected chi connectivity index (χ4v) is 1.77. The summed E-state index contributed by atoms with van der Waals surface area (Å²) in [6.45, 7) is 1.65. The van der Waals surface area contributed by atoms with Gasteiger partial charge in [0.05, 0.1) is 6.07 Å². The van der Waals surface area contributed by atoms with Gasteiger partial charge < -0.3 is 4.90 Å². The van der Waals surface area contributed by atoms with Gasteiger partial charge in [-0.15, -0.1) is 0 Å². The van der Waals surface area contributed by atoms with Gasteiger partial charge >= 0.3 is 0 Å². The average molecular weight is 232 g/mol. The molecule has 0 radical (unpaired) electrons. The predicted octanol–water partition coefficient (Wildman–Crippen LogP) is 2.40. The van der Waals surface area contributed by atoms with Gasteiger partial charge in [0.15, 0.2) is 0 Å². The van der Waals surface area contributed by atoms with Crippen LogP contribution < -0.4 is 4.90 Å². The minimum atomic E-state index is -0.836. The Hall–Kier alpha value is -1.89. The van der Waals surface area contributed by atoms with Crippen molar-refractivity contribution >= 4 is 11.6 Å². The first kappa shape index (κ1) is 11.6. The van der Waals surface area contributed by atoms with E-state index in [2.05, 4.69) is 6.07 Å². The molecule has 0 aliphatic heterocycles. The van der Waals surface area contributed by atoms with E-state index in [0.717, 1.165) is 0 Å². The Kier molecular flexibility index (Phi) is 2.62. The molecule has 88 valence electrons. The van der Waals surface area contributed by atoms with E-state index in [1.165, 1.54) is 11.0 Å². The lowest BCUT2D eigenvalue weighted by Gasteiger charge is -2.20. The van der Waals surface area contributed by atoms with E-state index in [1.807, 2.05) is 0 Å². The summed E-state index contributed by atoms with van der Waals surface area (Å²) in [7, 11) is 1.62. The van der Waals surface area contributed by atoms with Crippen molar-refractivity contribution in [1.29, 1.82) is 5.26 Å². The van der Waals surface area contributed by atoms with Crippen molar-refractivity contribution in [2.75, 3.05) is 11.9 Å². The van der Waals surface area contributed by atoms with Gasteiger partial charge in [-0.3, -0.25) is 4.79 Å². The van der Waals surface area contributed by atoms with Gasteiger partial charge in [-0.25, -0.2) is 4.39 Å². The maximum atomic E-state index is 13.1. The summed E-state index contributed by atoms with van der Waals surface area (Å²) in [6, 6.07) is 6.56. The number of aryl methyl sites for hydroxylation is 1. The SMILES string of the molecule is Cc1cc(N(C)C(=O)C2(C#N)CC2)ccc1F. The lowest BCUT2D eigenvalue weighted by atomic mass is 10.1. The van der Waals surface area contributed by atoms with Crippen LogP contribution in [0.4, 0.5) is 10.1 Å². The second-order valence-corrected chi connectivity index (χ2v) is 4.49. The highest BCUT2D eigenvalue weighted by Gasteiger charge is 2.52. The van der Waals surface area contributed by atoms with Crippen LogP contribution in [0.1, 0.15) is 18.4 Å². The van der Waals surface area contributed by atoms with E-state index in [1.54, 1.807) is 26.1 Å². The van der Waals surface area contributed by atoms with Crippen molar-refractivity contribution in [3.63, 3.8) is 0 Å². The largest absolute Gasteiger partial charge is 0.314 e. The molecule has 2 rings (SSSR count). The lowest BCUT2D eigenvalue weighted by Crippen LogP contribution is -2.33. The number of halogens is 1. The summed E-state index contributed by atoms with van der Waals surface area (Å²) in [5.41, 5.74) is 0.274. The molecule has 0 spiro atoms. The van der Waals surface area contributed by atoms with Crippen LogP contribution in [0.2, 0.25) is 0 Å². The minimum absolute atomic E-state index is 0.203. The Balaban J connectivity index is 2.26. The molecule has 3 nitrogen and oxygen atoms in total. The summed E-state index contributed by atoms with van der Waals surface area (Å²) in [6.07, 6.45) is 1.24. The quantitative estimate of drug-likeness (QED) is 0.785. The van der Waals surface area contributed by atoms with E-state index in [-0.39, 0.29) is 11.7 Å². The van der Waals surface area contributed by atoms with Crippen molar-refractivity contribution in [2.45, 2.75) is 19.8 Å². The monoisotopic (exact) mass is 232 g/mol. The molecule has 1 aromatic carbocycles. The summed E-state index contributed by atoms with van der Waals surface area (Å²) >= 11 is 0. The van der Waals surface area contributed by atoms with E-state index < -0.39 is 5.41 Å². The third kappa shape index (κ3) is 1.89. The summed E-state index contributed by atoms with van der Waals surface area (Å²) < 4.78 is 13.1. The molecule has 0 saturated heterocycles. The lowest BCUT2D eigenvalue weighted by molar-refractivity contribution is -0.121. The molecule has 1 aliphatic rings. The van der Waals surface area contributed by atoms with Crippen LogP contribution in [-0.4, -0.2) is 13.0 Å². The zero-order valence-corrected chi connectivity index (χ0v) is 9.83. The summed E-state index contributed by atoms with van der Waals surface area (Å²) in [5.74, 6) is -0.498. The van der Waals surface area contributed by atoms with Crippen LogP contribution in [0.15, 0.2) is 18.2 Å². The Morgan fingerprint density at radius 1 is 1.53 bits per heavy atom. The average Bonchev–Trinajstić information content (AvgIpc) is 3.12. The third-order valence-corrected chi connectivity index (χ3v) is 3.21. The highest BCUT2D eigenvalue weighted by Crippen LogP contribution is 2.46. The Labute approximate surface area is 99.5 Å². The van der Waals surface area contributed by atoms with Crippen LogP contribution in [0.3, 0.4) is 0 Å². The molecule has 1 saturated carbocycles. The number of nitrogens with zero attached hydrogens (tertiary/aromatic N) is 2. The van der Waals surface area contributed by atoms with Gasteiger partial charge in [-0.1, -0.05) is 0 Å². The topological polar surface area (TPSA) is 44.1 Å². The second-order valence-electron chi connectivity index (χ2n) is 4.49. The highest BCUT2D eigenvalue weighted by molar-refractivity contribution is 6.00. The van der Waals surface area contributed by atoms with Crippen LogP contribution >= 0.6 is 0 Å². The molecular formula is C13H13FN2O. The van der Waals surface area contributed by atoms with Crippen molar-refractivity contribution in [2.24, 2.45) is 5.41 Å². The first-order valence-corrected chi connectivity index (χ1v) is 5.46. The fraction of sp³-hybridized carbons (Fsp3) is 0.385. The highest BCUT2D eigenvalue weighted by atomic mass is 19.1. The maximum Gasteiger partial charge on any atom is 0.247 e. The number of anilines is 1. The second kappa shape index (κ2) is 3.85. The van der Waals surface area contributed by atoms with Gasteiger partial charge in [0.1, 0.15) is 11.2 Å². The number of amides is 1. The summed E-state index contributed by atoms with van der Waals surface area (Å²) in [5, 5.41) is 8.96. The molecular weight excluding hydrogens is 219 g/mol. The van der Waals surface area contributed by atoms with Crippen LogP contribution in [0, 0.1) is 29.5 Å². The molecule has 0 aromatic heterocycles. The summed E-state index contributed by atoms with van der Waals surface area (Å²) in [4.78, 5) is 13.5. The predicted molar refractivity (Wildman–Crippen MR) is 61.8 cm³/mol. The molecule has 0 heterocycles. The van der Waals surface area contributed by atoms with Gasteiger partial charge in [-0.2, -0.15) is 5.26 Å². The standard InChI is InChI=1S/C13H13FN2O/c1-9-7-10(3-4-11(9)14)16(2)12(17)13(8-15)5-6-13/h3-4,7H,5-6H2,1-2H3. The van der Waals surface area contributed by atoms with E-state index in [0.29, 0.717) is 24.1 Å². The Morgan fingerprint density at radius 3 is 2.65 bits per heavy atom. The van der Waals surface area contributed by atoms with Crippen molar-refractivity contribution in [1.82, 2.24) is 0 Å². The molecule has 0 unspecified atom stereocenters. The number of benzene rings is 1. The minimum Gasteiger partial charge on any atom is -0.314 e. The molecule has 1 aliphatic carbocycles. The van der Waals surface area contributed by atoms with Gasteiger partial charge in [0.25, 0.3) is 0 Å². The molecule has 17 heavy (non-hydrogen) atoms. The zero-order valence-electron chi connectivity index (χ0n) is 9.83. The Morgan fingerprint density at radius 2 is 2.18 bits per heavy atom. The number of rotatable bonds is 2. The number of hydrogen-bond acceptors (Lipinski definition) is 2. The normalized spacial score (nSPS) is 16.1. The molecule has 1 aromatic rings. The number of hydrogen-bond donors (Lipinski definition) is 0.